The van der Waals surface area contributed by atoms with Gasteiger partial charge >= 0.3 is 0 Å². The molecular weight excluding hydrogens is 320 g/mol. The van der Waals surface area contributed by atoms with Crippen LogP contribution in [-0.2, 0) is 0 Å². The Hall–Kier alpha value is -2.83. The molecule has 1 aromatic heterocycles. The van der Waals surface area contributed by atoms with Crippen molar-refractivity contribution in [2.24, 2.45) is 5.73 Å². The second kappa shape index (κ2) is 7.38. The minimum Gasteiger partial charge on any atom is -0.497 e. The molecule has 7 nitrogen and oxygen atoms in total. The summed E-state index contributed by atoms with van der Waals surface area (Å²) in [5.74, 6) is 1.25. The zero-order chi connectivity index (χ0) is 17.8. The Kier molecular flexibility index (Phi) is 5.02. The molecule has 2 N–H and O–H groups in total. The van der Waals surface area contributed by atoms with Gasteiger partial charge in [-0.05, 0) is 37.5 Å². The monoisotopic (exact) mass is 342 g/mol. The minimum atomic E-state index is -0.575. The third-order valence-electron chi connectivity index (χ3n) is 4.29. The molecule has 25 heavy (non-hydrogen) atoms. The molecule has 0 aliphatic carbocycles. The molecule has 1 amide bonds. The number of carbonyl (C=O) groups is 1. The van der Waals surface area contributed by atoms with E-state index in [-0.39, 0.29) is 5.69 Å². The number of nitrogens with zero attached hydrogens (tertiary/aromatic N) is 3. The van der Waals surface area contributed by atoms with Gasteiger partial charge in [-0.2, -0.15) is 0 Å². The number of ether oxygens (including phenoxy) is 2. The molecule has 0 spiro atoms. The number of nitrogens with two attached hydrogens (primary N) is 1. The first-order chi connectivity index (χ1) is 12.1. The van der Waals surface area contributed by atoms with E-state index in [0.29, 0.717) is 23.1 Å². The minimum absolute atomic E-state index is 0.198. The van der Waals surface area contributed by atoms with Crippen molar-refractivity contribution in [1.82, 2.24) is 9.97 Å². The lowest BCUT2D eigenvalue weighted by atomic mass is 10.1. The third-order valence-corrected chi connectivity index (χ3v) is 4.29. The summed E-state index contributed by atoms with van der Waals surface area (Å²) in [6.07, 6.45) is 3.38. The number of carbonyl (C=O) groups excluding carboxylic acids is 1. The van der Waals surface area contributed by atoms with Crippen LogP contribution >= 0.6 is 0 Å². The largest absolute Gasteiger partial charge is 0.497 e. The maximum Gasteiger partial charge on any atom is 0.267 e. The summed E-state index contributed by atoms with van der Waals surface area (Å²) < 4.78 is 10.7. The van der Waals surface area contributed by atoms with Crippen LogP contribution in [-0.4, -0.2) is 43.2 Å². The Morgan fingerprint density at radius 2 is 1.84 bits per heavy atom. The van der Waals surface area contributed by atoms with Crippen LogP contribution < -0.4 is 20.1 Å². The van der Waals surface area contributed by atoms with E-state index < -0.39 is 5.91 Å². The highest BCUT2D eigenvalue weighted by molar-refractivity contribution is 5.92. The van der Waals surface area contributed by atoms with Crippen molar-refractivity contribution in [2.45, 2.75) is 19.3 Å². The Balaban J connectivity index is 2.08. The van der Waals surface area contributed by atoms with Gasteiger partial charge in [0.25, 0.3) is 5.91 Å². The van der Waals surface area contributed by atoms with Gasteiger partial charge < -0.3 is 20.1 Å². The van der Waals surface area contributed by atoms with E-state index in [0.717, 1.165) is 31.5 Å². The fourth-order valence-electron chi connectivity index (χ4n) is 2.94. The van der Waals surface area contributed by atoms with Crippen molar-refractivity contribution in [2.75, 3.05) is 32.2 Å². The summed E-state index contributed by atoms with van der Waals surface area (Å²) in [6, 6.07) is 7.05. The summed E-state index contributed by atoms with van der Waals surface area (Å²) >= 11 is 0. The fraction of sp³-hybridized carbons (Fsp3) is 0.389. The van der Waals surface area contributed by atoms with Crippen LogP contribution in [0.3, 0.4) is 0 Å². The molecule has 0 bridgehead atoms. The van der Waals surface area contributed by atoms with Crippen molar-refractivity contribution in [3.8, 4) is 22.8 Å². The summed E-state index contributed by atoms with van der Waals surface area (Å²) in [6.45, 7) is 1.75. The zero-order valence-corrected chi connectivity index (χ0v) is 14.5. The number of rotatable bonds is 5. The van der Waals surface area contributed by atoms with Gasteiger partial charge in [-0.15, -0.1) is 0 Å². The number of aromatic nitrogens is 2. The molecule has 2 heterocycles. The Morgan fingerprint density at radius 3 is 2.48 bits per heavy atom. The molecule has 3 rings (SSSR count). The van der Waals surface area contributed by atoms with E-state index >= 15 is 0 Å². The number of piperidine rings is 1. The smallest absolute Gasteiger partial charge is 0.267 e. The number of hydrogen-bond acceptors (Lipinski definition) is 6. The van der Waals surface area contributed by atoms with E-state index in [1.165, 1.54) is 6.42 Å². The van der Waals surface area contributed by atoms with Crippen LogP contribution in [0.25, 0.3) is 11.3 Å². The Bertz CT molecular complexity index is 773. The van der Waals surface area contributed by atoms with E-state index in [9.17, 15) is 4.79 Å². The highest BCUT2D eigenvalue weighted by Gasteiger charge is 2.19. The first-order valence-corrected chi connectivity index (χ1v) is 8.28. The van der Waals surface area contributed by atoms with Crippen molar-refractivity contribution >= 4 is 11.9 Å². The second-order valence-corrected chi connectivity index (χ2v) is 5.92. The van der Waals surface area contributed by atoms with E-state index in [4.69, 9.17) is 15.2 Å². The molecule has 0 radical (unpaired) electrons. The maximum atomic E-state index is 11.7. The number of primary amides is 1. The Labute approximate surface area is 146 Å². The Morgan fingerprint density at radius 1 is 1.08 bits per heavy atom. The van der Waals surface area contributed by atoms with Crippen LogP contribution in [0.15, 0.2) is 24.3 Å². The first-order valence-electron chi connectivity index (χ1n) is 8.28. The van der Waals surface area contributed by atoms with Crippen molar-refractivity contribution in [3.05, 3.63) is 30.0 Å². The standard InChI is InChI=1S/C18H22N4O3/c1-24-12-6-7-13(16(10-12)25-2)14-11-15(17(19)23)21-18(20-14)22-8-4-3-5-9-22/h6-7,10-11H,3-5,8-9H2,1-2H3,(H2,19,23). The summed E-state index contributed by atoms with van der Waals surface area (Å²) in [7, 11) is 3.18. The van der Waals surface area contributed by atoms with Crippen LogP contribution in [0.4, 0.5) is 5.95 Å². The highest BCUT2D eigenvalue weighted by atomic mass is 16.5. The van der Waals surface area contributed by atoms with Crippen LogP contribution in [0.2, 0.25) is 0 Å². The van der Waals surface area contributed by atoms with Gasteiger partial charge in [0, 0.05) is 24.7 Å². The van der Waals surface area contributed by atoms with Crippen LogP contribution in [0.5, 0.6) is 11.5 Å². The third kappa shape index (κ3) is 3.65. The van der Waals surface area contributed by atoms with Gasteiger partial charge in [0.05, 0.1) is 19.9 Å². The predicted octanol–water partition coefficient (Wildman–Crippen LogP) is 2.25. The summed E-state index contributed by atoms with van der Waals surface area (Å²) in [5.41, 5.74) is 7.03. The molecule has 1 fully saturated rings. The molecule has 1 aliphatic rings. The zero-order valence-electron chi connectivity index (χ0n) is 14.5. The number of hydrogen-bond donors (Lipinski definition) is 1. The topological polar surface area (TPSA) is 90.6 Å². The van der Waals surface area contributed by atoms with Crippen LogP contribution in [0.1, 0.15) is 29.8 Å². The molecule has 132 valence electrons. The highest BCUT2D eigenvalue weighted by Crippen LogP contribution is 2.33. The maximum absolute atomic E-state index is 11.7. The molecule has 0 atom stereocenters. The van der Waals surface area contributed by atoms with E-state index in [1.54, 1.807) is 26.4 Å². The molecule has 1 saturated heterocycles. The van der Waals surface area contributed by atoms with Crippen molar-refractivity contribution in [1.29, 1.82) is 0 Å². The summed E-state index contributed by atoms with van der Waals surface area (Å²) in [5, 5.41) is 0. The number of methoxy groups -OCH3 is 2. The van der Waals surface area contributed by atoms with Gasteiger partial charge in [-0.25, -0.2) is 9.97 Å². The van der Waals surface area contributed by atoms with Gasteiger partial charge in [0.2, 0.25) is 5.95 Å². The van der Waals surface area contributed by atoms with Gasteiger partial charge in [0.1, 0.15) is 17.2 Å². The lowest BCUT2D eigenvalue weighted by molar-refractivity contribution is 0.0995. The lowest BCUT2D eigenvalue weighted by Crippen LogP contribution is -2.31. The fourth-order valence-corrected chi connectivity index (χ4v) is 2.94. The predicted molar refractivity (Wildman–Crippen MR) is 95.2 cm³/mol. The van der Waals surface area contributed by atoms with Gasteiger partial charge in [0.15, 0.2) is 0 Å². The molecule has 1 aliphatic heterocycles. The van der Waals surface area contributed by atoms with Gasteiger partial charge in [-0.1, -0.05) is 0 Å². The van der Waals surface area contributed by atoms with Gasteiger partial charge in [-0.3, -0.25) is 4.79 Å². The molecule has 1 aromatic carbocycles. The van der Waals surface area contributed by atoms with E-state index in [2.05, 4.69) is 14.9 Å². The van der Waals surface area contributed by atoms with Crippen LogP contribution in [0, 0.1) is 0 Å². The number of anilines is 1. The molecule has 7 heteroatoms. The quantitative estimate of drug-likeness (QED) is 0.896. The molecular formula is C18H22N4O3. The average Bonchev–Trinajstić information content (AvgIpc) is 2.67. The normalized spacial score (nSPS) is 14.2. The lowest BCUT2D eigenvalue weighted by Gasteiger charge is -2.27. The SMILES string of the molecule is COc1ccc(-c2cc(C(N)=O)nc(N3CCCCC3)n2)c(OC)c1. The molecule has 0 unspecified atom stereocenters. The second-order valence-electron chi connectivity index (χ2n) is 5.92. The van der Waals surface area contributed by atoms with Crippen molar-refractivity contribution in [3.63, 3.8) is 0 Å². The average molecular weight is 342 g/mol. The number of amides is 1. The molecule has 2 aromatic rings. The molecule has 0 saturated carbocycles. The number of benzene rings is 1. The summed E-state index contributed by atoms with van der Waals surface area (Å²) in [4.78, 5) is 22.8. The first kappa shape index (κ1) is 17.0. The van der Waals surface area contributed by atoms with E-state index in [1.807, 2.05) is 12.1 Å². The van der Waals surface area contributed by atoms with Crippen molar-refractivity contribution < 1.29 is 14.3 Å².